The van der Waals surface area contributed by atoms with Crippen LogP contribution in [0.1, 0.15) is 30.1 Å². The van der Waals surface area contributed by atoms with E-state index < -0.39 is 5.82 Å². The average molecular weight is 264 g/mol. The third kappa shape index (κ3) is 2.75. The molecule has 5 heteroatoms. The molecule has 0 bridgehead atoms. The number of ketones is 1. The summed E-state index contributed by atoms with van der Waals surface area (Å²) in [7, 11) is 0. The number of primary amides is 1. The summed E-state index contributed by atoms with van der Waals surface area (Å²) in [6, 6.07) is 4.56. The van der Waals surface area contributed by atoms with E-state index in [0.29, 0.717) is 18.8 Å². The highest BCUT2D eigenvalue weighted by Gasteiger charge is 2.26. The summed E-state index contributed by atoms with van der Waals surface area (Å²) in [6.45, 7) is 2.49. The number of carbonyl (C=O) groups is 2. The predicted molar refractivity (Wildman–Crippen MR) is 70.5 cm³/mol. The van der Waals surface area contributed by atoms with E-state index in [1.54, 1.807) is 12.1 Å². The van der Waals surface area contributed by atoms with Gasteiger partial charge in [-0.15, -0.1) is 0 Å². The third-order valence-electron chi connectivity index (χ3n) is 3.51. The molecule has 1 aliphatic rings. The number of rotatable bonds is 3. The number of amides is 1. The van der Waals surface area contributed by atoms with Gasteiger partial charge >= 0.3 is 0 Å². The molecule has 0 spiro atoms. The van der Waals surface area contributed by atoms with E-state index in [0.717, 1.165) is 12.8 Å². The van der Waals surface area contributed by atoms with Crippen LogP contribution in [0.4, 0.5) is 10.1 Å². The molecule has 0 aliphatic carbocycles. The zero-order valence-electron chi connectivity index (χ0n) is 10.9. The summed E-state index contributed by atoms with van der Waals surface area (Å²) in [4.78, 5) is 24.7. The molecule has 0 saturated carbocycles. The number of anilines is 1. The number of halogens is 1. The maximum atomic E-state index is 13.8. The fourth-order valence-corrected chi connectivity index (χ4v) is 2.55. The summed E-state index contributed by atoms with van der Waals surface area (Å²) in [5, 5.41) is 0. The number of piperidine rings is 1. The number of nitrogens with zero attached hydrogens (tertiary/aromatic N) is 1. The van der Waals surface area contributed by atoms with E-state index >= 15 is 0 Å². The van der Waals surface area contributed by atoms with Gasteiger partial charge in [0.15, 0.2) is 5.78 Å². The van der Waals surface area contributed by atoms with Crippen LogP contribution in [0.25, 0.3) is 0 Å². The number of nitrogens with two attached hydrogens (primary N) is 1. The van der Waals surface area contributed by atoms with Crippen LogP contribution in [-0.2, 0) is 4.79 Å². The molecule has 102 valence electrons. The summed E-state index contributed by atoms with van der Waals surface area (Å²) in [5.41, 5.74) is 5.97. The van der Waals surface area contributed by atoms with E-state index in [1.807, 2.05) is 4.90 Å². The van der Waals surface area contributed by atoms with Crippen molar-refractivity contribution in [1.29, 1.82) is 0 Å². The molecule has 1 saturated heterocycles. The lowest BCUT2D eigenvalue weighted by atomic mass is 9.96. The molecule has 1 heterocycles. The molecule has 1 aromatic carbocycles. The van der Waals surface area contributed by atoms with Gasteiger partial charge in [0.05, 0.1) is 17.2 Å². The zero-order valence-corrected chi connectivity index (χ0v) is 10.9. The lowest BCUT2D eigenvalue weighted by Crippen LogP contribution is -2.41. The molecular weight excluding hydrogens is 247 g/mol. The molecule has 1 amide bonds. The van der Waals surface area contributed by atoms with Crippen molar-refractivity contribution >= 4 is 17.4 Å². The Morgan fingerprint density at radius 3 is 2.79 bits per heavy atom. The highest BCUT2D eigenvalue weighted by Crippen LogP contribution is 2.28. The Balaban J connectivity index is 2.34. The molecule has 19 heavy (non-hydrogen) atoms. The van der Waals surface area contributed by atoms with Crippen molar-refractivity contribution in [3.05, 3.63) is 29.6 Å². The quantitative estimate of drug-likeness (QED) is 0.846. The number of Topliss-reactive ketones (excluding diaryl/α,β-unsaturated/α-hetero) is 1. The normalized spacial score (nSPS) is 19.3. The molecule has 1 aliphatic heterocycles. The summed E-state index contributed by atoms with van der Waals surface area (Å²) in [6.07, 6.45) is 1.55. The Kier molecular flexibility index (Phi) is 3.83. The minimum Gasteiger partial charge on any atom is -0.370 e. The van der Waals surface area contributed by atoms with Gasteiger partial charge < -0.3 is 10.6 Å². The van der Waals surface area contributed by atoms with Gasteiger partial charge in [0, 0.05) is 13.1 Å². The standard InChI is InChI=1S/C14H17FN2O2/c1-9(18)13-11(15)5-2-6-12(13)17-7-3-4-10(8-17)14(16)19/h2,5-6,10H,3-4,7-8H2,1H3,(H2,16,19)/t10-/m1/s1. The second-order valence-corrected chi connectivity index (χ2v) is 4.88. The molecule has 1 atom stereocenters. The minimum atomic E-state index is -0.522. The third-order valence-corrected chi connectivity index (χ3v) is 3.51. The Labute approximate surface area is 111 Å². The van der Waals surface area contributed by atoms with Gasteiger partial charge in [0.2, 0.25) is 5.91 Å². The number of carbonyl (C=O) groups excluding carboxylic acids is 2. The van der Waals surface area contributed by atoms with Gasteiger partial charge in [0.1, 0.15) is 5.82 Å². The minimum absolute atomic E-state index is 0.0904. The smallest absolute Gasteiger partial charge is 0.222 e. The zero-order chi connectivity index (χ0) is 14.0. The predicted octanol–water partition coefficient (Wildman–Crippen LogP) is 1.73. The first-order valence-corrected chi connectivity index (χ1v) is 6.34. The van der Waals surface area contributed by atoms with Crippen LogP contribution in [0.5, 0.6) is 0 Å². The molecule has 4 nitrogen and oxygen atoms in total. The van der Waals surface area contributed by atoms with Gasteiger partial charge in [-0.25, -0.2) is 4.39 Å². The second kappa shape index (κ2) is 5.38. The van der Waals surface area contributed by atoms with Gasteiger partial charge in [-0.1, -0.05) is 6.07 Å². The van der Waals surface area contributed by atoms with Crippen molar-refractivity contribution in [2.24, 2.45) is 11.7 Å². The summed E-state index contributed by atoms with van der Waals surface area (Å²) in [5.74, 6) is -1.41. The van der Waals surface area contributed by atoms with E-state index in [4.69, 9.17) is 5.73 Å². The Morgan fingerprint density at radius 2 is 2.16 bits per heavy atom. The lowest BCUT2D eigenvalue weighted by molar-refractivity contribution is -0.122. The molecule has 1 aromatic rings. The maximum absolute atomic E-state index is 13.8. The highest BCUT2D eigenvalue weighted by atomic mass is 19.1. The van der Waals surface area contributed by atoms with E-state index in [2.05, 4.69) is 0 Å². The van der Waals surface area contributed by atoms with Gasteiger partial charge in [-0.2, -0.15) is 0 Å². The summed E-state index contributed by atoms with van der Waals surface area (Å²) < 4.78 is 13.8. The lowest BCUT2D eigenvalue weighted by Gasteiger charge is -2.34. The maximum Gasteiger partial charge on any atom is 0.222 e. The molecule has 2 N–H and O–H groups in total. The highest BCUT2D eigenvalue weighted by molar-refractivity contribution is 6.00. The average Bonchev–Trinajstić information content (AvgIpc) is 2.38. The molecule has 0 radical (unpaired) electrons. The van der Waals surface area contributed by atoms with Crippen molar-refractivity contribution < 1.29 is 14.0 Å². The molecule has 0 unspecified atom stereocenters. The Morgan fingerprint density at radius 1 is 1.42 bits per heavy atom. The van der Waals surface area contributed by atoms with Crippen LogP contribution in [-0.4, -0.2) is 24.8 Å². The van der Waals surface area contributed by atoms with Gasteiger partial charge in [0.25, 0.3) is 0 Å². The van der Waals surface area contributed by atoms with Gasteiger partial charge in [-0.3, -0.25) is 9.59 Å². The van der Waals surface area contributed by atoms with Crippen LogP contribution in [0.3, 0.4) is 0 Å². The summed E-state index contributed by atoms with van der Waals surface area (Å²) >= 11 is 0. The van der Waals surface area contributed by atoms with Crippen molar-refractivity contribution in [3.63, 3.8) is 0 Å². The first-order chi connectivity index (χ1) is 9.00. The monoisotopic (exact) mass is 264 g/mol. The number of benzene rings is 1. The van der Waals surface area contributed by atoms with Crippen molar-refractivity contribution in [2.45, 2.75) is 19.8 Å². The van der Waals surface area contributed by atoms with Crippen LogP contribution in [0, 0.1) is 11.7 Å². The van der Waals surface area contributed by atoms with Crippen LogP contribution in [0.2, 0.25) is 0 Å². The SMILES string of the molecule is CC(=O)c1c(F)cccc1N1CCC[C@@H](C(N)=O)C1. The van der Waals surface area contributed by atoms with Crippen LogP contribution in [0.15, 0.2) is 18.2 Å². The Hall–Kier alpha value is -1.91. The first kappa shape index (κ1) is 13.5. The van der Waals surface area contributed by atoms with Crippen LogP contribution >= 0.6 is 0 Å². The van der Waals surface area contributed by atoms with E-state index in [9.17, 15) is 14.0 Å². The topological polar surface area (TPSA) is 63.4 Å². The van der Waals surface area contributed by atoms with E-state index in [-0.39, 0.29) is 23.2 Å². The molecular formula is C14H17FN2O2. The van der Waals surface area contributed by atoms with Crippen LogP contribution < -0.4 is 10.6 Å². The second-order valence-electron chi connectivity index (χ2n) is 4.88. The van der Waals surface area contributed by atoms with E-state index in [1.165, 1.54) is 13.0 Å². The molecule has 0 aromatic heterocycles. The number of hydrogen-bond donors (Lipinski definition) is 1. The van der Waals surface area contributed by atoms with Crippen molar-refractivity contribution in [2.75, 3.05) is 18.0 Å². The first-order valence-electron chi connectivity index (χ1n) is 6.34. The number of hydrogen-bond acceptors (Lipinski definition) is 3. The fourth-order valence-electron chi connectivity index (χ4n) is 2.55. The molecule has 1 fully saturated rings. The fraction of sp³-hybridized carbons (Fsp3) is 0.429. The Bertz CT molecular complexity index is 516. The molecule has 2 rings (SSSR count). The van der Waals surface area contributed by atoms with Crippen molar-refractivity contribution in [1.82, 2.24) is 0 Å². The van der Waals surface area contributed by atoms with Crippen molar-refractivity contribution in [3.8, 4) is 0 Å². The largest absolute Gasteiger partial charge is 0.370 e. The van der Waals surface area contributed by atoms with Gasteiger partial charge in [-0.05, 0) is 31.9 Å².